The maximum Gasteiger partial charge on any atom is 0.261 e. The van der Waals surface area contributed by atoms with E-state index in [1.54, 1.807) is 7.11 Å². The molecule has 5 heteroatoms. The van der Waals surface area contributed by atoms with Crippen LogP contribution < -0.4 is 10.1 Å². The summed E-state index contributed by atoms with van der Waals surface area (Å²) < 4.78 is 18.6. The molecule has 3 N–H and O–H groups in total. The average molecular weight is 396 g/mol. The van der Waals surface area contributed by atoms with Gasteiger partial charge in [0.15, 0.2) is 5.78 Å². The molecular formula is C23H27NO3P+. The van der Waals surface area contributed by atoms with Crippen LogP contribution in [-0.2, 0) is 17.5 Å². The monoisotopic (exact) mass is 396 g/mol. The van der Waals surface area contributed by atoms with Crippen LogP contribution in [-0.4, -0.2) is 18.2 Å². The van der Waals surface area contributed by atoms with E-state index in [2.05, 4.69) is 0 Å². The highest BCUT2D eigenvalue weighted by atomic mass is 31.2. The van der Waals surface area contributed by atoms with Gasteiger partial charge in [0.2, 0.25) is 0 Å². The molecule has 0 saturated heterocycles. The minimum atomic E-state index is -3.45. The molecule has 0 aromatic heterocycles. The molecule has 0 aliphatic rings. The number of methoxy groups -OCH3 is 1. The van der Waals surface area contributed by atoms with Gasteiger partial charge >= 0.3 is 0 Å². The molecule has 0 bridgehead atoms. The summed E-state index contributed by atoms with van der Waals surface area (Å²) in [5.41, 5.74) is 3.05. The van der Waals surface area contributed by atoms with Crippen LogP contribution in [0.2, 0.25) is 0 Å². The Morgan fingerprint density at radius 2 is 1.46 bits per heavy atom. The Labute approximate surface area is 166 Å². The van der Waals surface area contributed by atoms with Gasteiger partial charge < -0.3 is 14.9 Å². The Morgan fingerprint density at radius 3 is 2.04 bits per heavy atom. The highest BCUT2D eigenvalue weighted by molar-refractivity contribution is 7.58. The summed E-state index contributed by atoms with van der Waals surface area (Å²) >= 11 is 0. The van der Waals surface area contributed by atoms with Crippen LogP contribution in [0.25, 0.3) is 0 Å². The SMILES string of the molecule is COc1ccc([C@H]([NH2+]Cc2ccccc2)P(=O)(O)CCc2ccccc2)cc1. The lowest BCUT2D eigenvalue weighted by atomic mass is 10.2. The van der Waals surface area contributed by atoms with Gasteiger partial charge in [0.1, 0.15) is 12.3 Å². The largest absolute Gasteiger partial charge is 0.497 e. The van der Waals surface area contributed by atoms with E-state index in [-0.39, 0.29) is 6.16 Å². The number of nitrogens with two attached hydrogens (primary N) is 1. The molecule has 0 heterocycles. The number of hydrogen-bond donors (Lipinski definition) is 2. The molecule has 28 heavy (non-hydrogen) atoms. The molecule has 3 rings (SSSR count). The van der Waals surface area contributed by atoms with Crippen LogP contribution in [0.3, 0.4) is 0 Å². The lowest BCUT2D eigenvalue weighted by Gasteiger charge is -2.22. The van der Waals surface area contributed by atoms with Crippen LogP contribution in [0.15, 0.2) is 84.9 Å². The van der Waals surface area contributed by atoms with Crippen molar-refractivity contribution in [2.24, 2.45) is 0 Å². The van der Waals surface area contributed by atoms with Crippen molar-refractivity contribution in [3.8, 4) is 5.75 Å². The zero-order chi connectivity index (χ0) is 19.8. The maximum atomic E-state index is 13.4. The second-order valence-electron chi connectivity index (χ2n) is 6.86. The normalized spacial score (nSPS) is 14.2. The second-order valence-corrected chi connectivity index (χ2v) is 9.37. The Morgan fingerprint density at radius 1 is 0.893 bits per heavy atom. The summed E-state index contributed by atoms with van der Waals surface area (Å²) in [6.07, 6.45) is 0.833. The van der Waals surface area contributed by atoms with Crippen molar-refractivity contribution in [2.75, 3.05) is 13.3 Å². The molecule has 146 valence electrons. The van der Waals surface area contributed by atoms with Crippen molar-refractivity contribution in [1.29, 1.82) is 0 Å². The van der Waals surface area contributed by atoms with Gasteiger partial charge in [-0.15, -0.1) is 0 Å². The van der Waals surface area contributed by atoms with E-state index < -0.39 is 13.2 Å². The van der Waals surface area contributed by atoms with Crippen molar-refractivity contribution in [3.63, 3.8) is 0 Å². The van der Waals surface area contributed by atoms with Crippen molar-refractivity contribution < 1.29 is 19.5 Å². The zero-order valence-corrected chi connectivity index (χ0v) is 17.0. The molecule has 0 aliphatic heterocycles. The van der Waals surface area contributed by atoms with E-state index in [0.717, 1.165) is 22.4 Å². The third-order valence-electron chi connectivity index (χ3n) is 4.88. The number of ether oxygens (including phenoxy) is 1. The summed E-state index contributed by atoms with van der Waals surface area (Å²) in [7, 11) is -1.83. The topological polar surface area (TPSA) is 63.1 Å². The quantitative estimate of drug-likeness (QED) is 0.538. The Kier molecular flexibility index (Phi) is 7.05. The van der Waals surface area contributed by atoms with Crippen molar-refractivity contribution in [2.45, 2.75) is 18.7 Å². The third kappa shape index (κ3) is 5.56. The van der Waals surface area contributed by atoms with Crippen LogP contribution in [0.4, 0.5) is 0 Å². The molecule has 0 amide bonds. The van der Waals surface area contributed by atoms with E-state index in [9.17, 15) is 9.46 Å². The van der Waals surface area contributed by atoms with Crippen molar-refractivity contribution >= 4 is 7.37 Å². The van der Waals surface area contributed by atoms with Crippen LogP contribution in [0.5, 0.6) is 5.75 Å². The average Bonchev–Trinajstić information content (AvgIpc) is 2.74. The van der Waals surface area contributed by atoms with Gasteiger partial charge in [-0.25, -0.2) is 0 Å². The van der Waals surface area contributed by atoms with Crippen LogP contribution in [0.1, 0.15) is 22.5 Å². The fourth-order valence-corrected chi connectivity index (χ4v) is 5.20. The first-order valence-corrected chi connectivity index (χ1v) is 11.4. The summed E-state index contributed by atoms with van der Waals surface area (Å²) in [5.74, 6) is 0.227. The lowest BCUT2D eigenvalue weighted by Crippen LogP contribution is -2.83. The molecular weight excluding hydrogens is 369 g/mol. The predicted molar refractivity (Wildman–Crippen MR) is 113 cm³/mol. The van der Waals surface area contributed by atoms with E-state index in [0.29, 0.717) is 13.0 Å². The van der Waals surface area contributed by atoms with Crippen molar-refractivity contribution in [3.05, 3.63) is 102 Å². The predicted octanol–water partition coefficient (Wildman–Crippen LogP) is 3.97. The van der Waals surface area contributed by atoms with Gasteiger partial charge in [0.05, 0.1) is 7.11 Å². The summed E-state index contributed by atoms with van der Waals surface area (Å²) in [6.45, 7) is 0.646. The fourth-order valence-electron chi connectivity index (χ4n) is 3.27. The van der Waals surface area contributed by atoms with Gasteiger partial charge in [-0.3, -0.25) is 4.57 Å². The van der Waals surface area contributed by atoms with Gasteiger partial charge in [0.25, 0.3) is 7.37 Å². The Bertz CT molecular complexity index is 898. The highest BCUT2D eigenvalue weighted by Gasteiger charge is 2.35. The molecule has 2 atom stereocenters. The lowest BCUT2D eigenvalue weighted by molar-refractivity contribution is -0.692. The van der Waals surface area contributed by atoms with Crippen LogP contribution >= 0.6 is 7.37 Å². The van der Waals surface area contributed by atoms with Gasteiger partial charge in [-0.2, -0.15) is 0 Å². The van der Waals surface area contributed by atoms with E-state index in [1.807, 2.05) is 90.2 Å². The summed E-state index contributed by atoms with van der Waals surface area (Å²) in [5, 5.41) is 1.98. The molecule has 0 radical (unpaired) electrons. The fraction of sp³-hybridized carbons (Fsp3) is 0.217. The maximum absolute atomic E-state index is 13.4. The van der Waals surface area contributed by atoms with Crippen molar-refractivity contribution in [1.82, 2.24) is 0 Å². The molecule has 3 aromatic rings. The number of hydrogen-bond acceptors (Lipinski definition) is 2. The van der Waals surface area contributed by atoms with Gasteiger partial charge in [-0.05, 0) is 36.2 Å². The van der Waals surface area contributed by atoms with E-state index >= 15 is 0 Å². The van der Waals surface area contributed by atoms with Gasteiger partial charge in [0, 0.05) is 17.3 Å². The minimum absolute atomic E-state index is 0.249. The minimum Gasteiger partial charge on any atom is -0.497 e. The molecule has 0 spiro atoms. The Hall–Kier alpha value is -2.39. The summed E-state index contributed by atoms with van der Waals surface area (Å²) in [4.78, 5) is 11.0. The molecule has 0 aliphatic carbocycles. The number of quaternary nitrogens is 1. The first-order valence-electron chi connectivity index (χ1n) is 9.45. The first-order chi connectivity index (χ1) is 13.6. The van der Waals surface area contributed by atoms with Crippen LogP contribution in [0, 0.1) is 0 Å². The molecule has 3 aromatic carbocycles. The number of rotatable bonds is 9. The van der Waals surface area contributed by atoms with E-state index in [4.69, 9.17) is 4.74 Å². The third-order valence-corrected chi connectivity index (χ3v) is 7.12. The molecule has 4 nitrogen and oxygen atoms in total. The zero-order valence-electron chi connectivity index (χ0n) is 16.1. The molecule has 0 saturated carbocycles. The Balaban J connectivity index is 1.79. The second kappa shape index (κ2) is 9.70. The number of benzene rings is 3. The number of aryl methyl sites for hydroxylation is 1. The smallest absolute Gasteiger partial charge is 0.261 e. The van der Waals surface area contributed by atoms with E-state index in [1.165, 1.54) is 0 Å². The highest BCUT2D eigenvalue weighted by Crippen LogP contribution is 2.52. The van der Waals surface area contributed by atoms with Gasteiger partial charge in [-0.1, -0.05) is 60.7 Å². The summed E-state index contributed by atoms with van der Waals surface area (Å²) in [6, 6.07) is 27.3. The molecule has 1 unspecified atom stereocenters. The first kappa shape index (κ1) is 20.3. The molecule has 0 fully saturated rings. The standard InChI is InChI=1S/C23H26NO3P/c1-27-22-14-12-21(13-15-22)23(24-18-20-10-6-3-7-11-20)28(25,26)17-16-19-8-4-2-5-9-19/h2-15,23-24H,16-18H2,1H3,(H,25,26)/p+1/t23-/m1/s1.